The molecule has 0 aliphatic carbocycles. The number of carbonyl (C=O) groups excluding carboxylic acids is 1. The van der Waals surface area contributed by atoms with E-state index < -0.39 is 5.41 Å². The first-order valence-corrected chi connectivity index (χ1v) is 8.61. The van der Waals surface area contributed by atoms with Gasteiger partial charge in [0.15, 0.2) is 5.96 Å². The van der Waals surface area contributed by atoms with Crippen LogP contribution in [0.15, 0.2) is 33.7 Å². The van der Waals surface area contributed by atoms with E-state index in [1.54, 1.807) is 7.05 Å². The Morgan fingerprint density at radius 3 is 2.52 bits per heavy atom. The van der Waals surface area contributed by atoms with Gasteiger partial charge in [0.05, 0.1) is 11.5 Å². The first-order valence-electron chi connectivity index (χ1n) is 7.81. The lowest BCUT2D eigenvalue weighted by Gasteiger charge is -2.26. The van der Waals surface area contributed by atoms with Gasteiger partial charge >= 0.3 is 0 Å². The summed E-state index contributed by atoms with van der Waals surface area (Å²) in [5, 5.41) is 9.43. The highest BCUT2D eigenvalue weighted by Crippen LogP contribution is 2.22. The number of aliphatic imine (C=N–C) groups is 1. The predicted octanol–water partition coefficient (Wildman–Crippen LogP) is 2.84. The number of nitrogens with one attached hydrogen (secondary N) is 3. The quantitative estimate of drug-likeness (QED) is 0.523. The fourth-order valence-electron chi connectivity index (χ4n) is 2.09. The van der Waals surface area contributed by atoms with Crippen molar-refractivity contribution in [1.82, 2.24) is 16.0 Å². The van der Waals surface area contributed by atoms with Crippen molar-refractivity contribution in [2.75, 3.05) is 20.1 Å². The standard InChI is InChI=1S/C17H27BrN4O/c1-6-20-15(23)17(3,4)11-21-16(19-5)22-12(2)13-9-7-8-10-14(13)18/h7-10,12H,6,11H2,1-5H3,(H,20,23)(H2,19,21,22). The van der Waals surface area contributed by atoms with Crippen molar-refractivity contribution in [3.8, 4) is 0 Å². The maximum atomic E-state index is 12.0. The first kappa shape index (κ1) is 19.5. The topological polar surface area (TPSA) is 65.5 Å². The minimum atomic E-state index is -0.510. The second-order valence-corrected chi connectivity index (χ2v) is 6.91. The molecule has 0 fully saturated rings. The summed E-state index contributed by atoms with van der Waals surface area (Å²) in [5.41, 5.74) is 0.642. The SMILES string of the molecule is CCNC(=O)C(C)(C)CNC(=NC)NC(C)c1ccccc1Br. The van der Waals surface area contributed by atoms with Crippen LogP contribution in [0.4, 0.5) is 0 Å². The van der Waals surface area contributed by atoms with Gasteiger partial charge in [0, 0.05) is 24.6 Å². The molecular weight excluding hydrogens is 356 g/mol. The molecule has 0 aliphatic rings. The lowest BCUT2D eigenvalue weighted by Crippen LogP contribution is -2.48. The van der Waals surface area contributed by atoms with E-state index in [1.807, 2.05) is 39.0 Å². The van der Waals surface area contributed by atoms with Crippen LogP contribution in [0, 0.1) is 5.41 Å². The Hall–Kier alpha value is -1.56. The summed E-state index contributed by atoms with van der Waals surface area (Å²) in [5.74, 6) is 0.701. The Kier molecular flexibility index (Phi) is 7.55. The van der Waals surface area contributed by atoms with Crippen molar-refractivity contribution in [1.29, 1.82) is 0 Å². The van der Waals surface area contributed by atoms with Crippen LogP contribution in [0.2, 0.25) is 0 Å². The molecule has 0 aliphatic heterocycles. The summed E-state index contributed by atoms with van der Waals surface area (Å²) < 4.78 is 1.05. The number of nitrogens with zero attached hydrogens (tertiary/aromatic N) is 1. The summed E-state index contributed by atoms with van der Waals surface area (Å²) >= 11 is 3.56. The van der Waals surface area contributed by atoms with Gasteiger partial charge in [-0.3, -0.25) is 9.79 Å². The van der Waals surface area contributed by atoms with E-state index in [0.717, 1.165) is 10.0 Å². The van der Waals surface area contributed by atoms with E-state index in [1.165, 1.54) is 0 Å². The van der Waals surface area contributed by atoms with Crippen LogP contribution in [0.5, 0.6) is 0 Å². The van der Waals surface area contributed by atoms with E-state index >= 15 is 0 Å². The average molecular weight is 383 g/mol. The Balaban J connectivity index is 2.65. The number of guanidine groups is 1. The summed E-state index contributed by atoms with van der Waals surface area (Å²) in [4.78, 5) is 16.3. The van der Waals surface area contributed by atoms with Crippen molar-refractivity contribution in [2.45, 2.75) is 33.7 Å². The molecule has 3 N–H and O–H groups in total. The van der Waals surface area contributed by atoms with Gasteiger partial charge in [0.2, 0.25) is 5.91 Å². The minimum Gasteiger partial charge on any atom is -0.356 e. The molecule has 6 heteroatoms. The fourth-order valence-corrected chi connectivity index (χ4v) is 2.72. The van der Waals surface area contributed by atoms with Gasteiger partial charge in [-0.1, -0.05) is 34.1 Å². The largest absolute Gasteiger partial charge is 0.356 e. The predicted molar refractivity (Wildman–Crippen MR) is 99.5 cm³/mol. The highest BCUT2D eigenvalue weighted by Gasteiger charge is 2.27. The van der Waals surface area contributed by atoms with Crippen molar-refractivity contribution in [3.63, 3.8) is 0 Å². The van der Waals surface area contributed by atoms with Crippen molar-refractivity contribution in [2.24, 2.45) is 10.4 Å². The van der Waals surface area contributed by atoms with Gasteiger partial charge in [-0.15, -0.1) is 0 Å². The van der Waals surface area contributed by atoms with E-state index in [9.17, 15) is 4.79 Å². The normalized spacial score (nSPS) is 13.4. The summed E-state index contributed by atoms with van der Waals surface area (Å²) in [7, 11) is 1.72. The van der Waals surface area contributed by atoms with Gasteiger partial charge in [-0.25, -0.2) is 0 Å². The third-order valence-electron chi connectivity index (χ3n) is 3.60. The van der Waals surface area contributed by atoms with Crippen molar-refractivity contribution < 1.29 is 4.79 Å². The highest BCUT2D eigenvalue weighted by atomic mass is 79.9. The number of halogens is 1. The number of rotatable bonds is 6. The smallest absolute Gasteiger partial charge is 0.227 e. The van der Waals surface area contributed by atoms with Crippen LogP contribution >= 0.6 is 15.9 Å². The van der Waals surface area contributed by atoms with E-state index in [0.29, 0.717) is 19.0 Å². The van der Waals surface area contributed by atoms with Crippen molar-refractivity contribution >= 4 is 27.8 Å². The molecule has 128 valence electrons. The summed E-state index contributed by atoms with van der Waals surface area (Å²) in [6.45, 7) is 8.95. The Morgan fingerprint density at radius 2 is 1.96 bits per heavy atom. The molecule has 0 saturated heterocycles. The molecule has 0 saturated carbocycles. The number of benzene rings is 1. The monoisotopic (exact) mass is 382 g/mol. The number of carbonyl (C=O) groups is 1. The maximum Gasteiger partial charge on any atom is 0.227 e. The highest BCUT2D eigenvalue weighted by molar-refractivity contribution is 9.10. The molecule has 1 aromatic carbocycles. The zero-order valence-electron chi connectivity index (χ0n) is 14.5. The van der Waals surface area contributed by atoms with E-state index in [4.69, 9.17) is 0 Å². The molecule has 1 unspecified atom stereocenters. The maximum absolute atomic E-state index is 12.0. The van der Waals surface area contributed by atoms with Crippen LogP contribution in [0.3, 0.4) is 0 Å². The molecule has 0 spiro atoms. The van der Waals surface area contributed by atoms with Gasteiger partial charge < -0.3 is 16.0 Å². The zero-order chi connectivity index (χ0) is 17.5. The molecule has 23 heavy (non-hydrogen) atoms. The minimum absolute atomic E-state index is 0.0294. The number of hydrogen-bond donors (Lipinski definition) is 3. The fraction of sp³-hybridized carbons (Fsp3) is 0.529. The van der Waals surface area contributed by atoms with Gasteiger partial charge in [-0.05, 0) is 39.3 Å². The molecule has 1 atom stereocenters. The van der Waals surface area contributed by atoms with E-state index in [2.05, 4.69) is 49.9 Å². The van der Waals surface area contributed by atoms with Crippen LogP contribution in [0.1, 0.15) is 39.3 Å². The first-order chi connectivity index (χ1) is 10.8. The lowest BCUT2D eigenvalue weighted by atomic mass is 9.92. The van der Waals surface area contributed by atoms with Crippen LogP contribution < -0.4 is 16.0 Å². The molecule has 0 radical (unpaired) electrons. The molecule has 0 heterocycles. The Labute approximate surface area is 147 Å². The molecular formula is C17H27BrN4O. The molecule has 1 amide bonds. The van der Waals surface area contributed by atoms with Gasteiger partial charge in [-0.2, -0.15) is 0 Å². The van der Waals surface area contributed by atoms with Crippen LogP contribution in [0.25, 0.3) is 0 Å². The van der Waals surface area contributed by atoms with Crippen molar-refractivity contribution in [3.05, 3.63) is 34.3 Å². The summed E-state index contributed by atoms with van der Waals surface area (Å²) in [6, 6.07) is 8.16. The second-order valence-electron chi connectivity index (χ2n) is 6.06. The number of amides is 1. The third-order valence-corrected chi connectivity index (χ3v) is 4.32. The molecule has 1 aromatic rings. The number of hydrogen-bond acceptors (Lipinski definition) is 2. The Bertz CT molecular complexity index is 557. The molecule has 0 bridgehead atoms. The molecule has 5 nitrogen and oxygen atoms in total. The average Bonchev–Trinajstić information content (AvgIpc) is 2.51. The lowest BCUT2D eigenvalue weighted by molar-refractivity contribution is -0.128. The Morgan fingerprint density at radius 1 is 1.30 bits per heavy atom. The van der Waals surface area contributed by atoms with Gasteiger partial charge in [0.1, 0.15) is 0 Å². The third kappa shape index (κ3) is 5.86. The molecule has 0 aromatic heterocycles. The second kappa shape index (κ2) is 8.91. The van der Waals surface area contributed by atoms with Crippen LogP contribution in [-0.4, -0.2) is 32.0 Å². The van der Waals surface area contributed by atoms with E-state index in [-0.39, 0.29) is 11.9 Å². The zero-order valence-corrected chi connectivity index (χ0v) is 16.1. The van der Waals surface area contributed by atoms with Crippen LogP contribution in [-0.2, 0) is 4.79 Å². The van der Waals surface area contributed by atoms with Gasteiger partial charge in [0.25, 0.3) is 0 Å². The summed E-state index contributed by atoms with van der Waals surface area (Å²) in [6.07, 6.45) is 0. The molecule has 1 rings (SSSR count).